The second-order valence-corrected chi connectivity index (χ2v) is 7.10. The molecule has 4 nitrogen and oxygen atoms in total. The first-order valence-corrected chi connectivity index (χ1v) is 8.77. The van der Waals surface area contributed by atoms with E-state index in [9.17, 15) is 8.42 Å². The number of nitrogens with zero attached hydrogens (tertiary/aromatic N) is 1. The summed E-state index contributed by atoms with van der Waals surface area (Å²) in [5.74, 6) is 0. The van der Waals surface area contributed by atoms with E-state index in [1.807, 2.05) is 6.92 Å². The molecule has 1 aromatic heterocycles. The fourth-order valence-electron chi connectivity index (χ4n) is 1.67. The maximum atomic E-state index is 12.4. The van der Waals surface area contributed by atoms with Crippen molar-refractivity contribution in [3.63, 3.8) is 0 Å². The van der Waals surface area contributed by atoms with Crippen LogP contribution < -0.4 is 5.32 Å². The number of sulfonamides is 1. The van der Waals surface area contributed by atoms with E-state index in [4.69, 9.17) is 0 Å². The predicted octanol–water partition coefficient (Wildman–Crippen LogP) is 2.44. The maximum absolute atomic E-state index is 12.4. The van der Waals surface area contributed by atoms with Gasteiger partial charge in [-0.15, -0.1) is 17.9 Å². The molecular formula is C13H22N2O2S2. The molecule has 1 rings (SSSR count). The number of nitrogens with one attached hydrogen (secondary N) is 1. The molecule has 0 unspecified atom stereocenters. The van der Waals surface area contributed by atoms with Crippen LogP contribution in [0.2, 0.25) is 0 Å². The highest BCUT2D eigenvalue weighted by Gasteiger charge is 2.23. The Hall–Kier alpha value is -0.690. The molecule has 6 heteroatoms. The van der Waals surface area contributed by atoms with Crippen molar-refractivity contribution in [2.45, 2.75) is 31.7 Å². The zero-order valence-electron chi connectivity index (χ0n) is 11.6. The fraction of sp³-hybridized carbons (Fsp3) is 0.538. The lowest BCUT2D eigenvalue weighted by Gasteiger charge is -2.17. The van der Waals surface area contributed by atoms with Crippen LogP contribution in [0.25, 0.3) is 0 Å². The lowest BCUT2D eigenvalue weighted by molar-refractivity contribution is 0.460. The molecule has 0 radical (unpaired) electrons. The Balaban J connectivity index is 2.81. The van der Waals surface area contributed by atoms with Crippen molar-refractivity contribution in [2.24, 2.45) is 0 Å². The van der Waals surface area contributed by atoms with Crippen LogP contribution in [0.1, 0.15) is 25.1 Å². The van der Waals surface area contributed by atoms with Gasteiger partial charge in [0.2, 0.25) is 10.0 Å². The predicted molar refractivity (Wildman–Crippen MR) is 80.9 cm³/mol. The molecule has 19 heavy (non-hydrogen) atoms. The first-order chi connectivity index (χ1) is 9.06. The summed E-state index contributed by atoms with van der Waals surface area (Å²) in [5, 5.41) is 4.98. The van der Waals surface area contributed by atoms with Crippen LogP contribution in [-0.4, -0.2) is 32.4 Å². The fourth-order valence-corrected chi connectivity index (χ4v) is 4.32. The van der Waals surface area contributed by atoms with E-state index in [0.717, 1.165) is 24.4 Å². The number of likely N-dealkylation sites (N-methyl/N-ethyl adjacent to an activating group) is 1. The van der Waals surface area contributed by atoms with Gasteiger partial charge in [-0.05, 0) is 19.0 Å². The topological polar surface area (TPSA) is 49.4 Å². The minimum atomic E-state index is -3.38. The third-order valence-electron chi connectivity index (χ3n) is 2.68. The standard InChI is InChI=1S/C13H22N2O2S2/c1-4-7-14-10-12-9-13(11-18-12)19(16,17)15(6-3)8-5-2/h5,9,11,14H,2,4,6-8,10H2,1,3H3. The van der Waals surface area contributed by atoms with E-state index in [0.29, 0.717) is 18.0 Å². The van der Waals surface area contributed by atoms with Crippen molar-refractivity contribution < 1.29 is 8.42 Å². The Morgan fingerprint density at radius 2 is 2.21 bits per heavy atom. The molecule has 0 saturated carbocycles. The van der Waals surface area contributed by atoms with E-state index in [1.165, 1.54) is 15.6 Å². The van der Waals surface area contributed by atoms with Crippen molar-refractivity contribution in [1.82, 2.24) is 9.62 Å². The highest BCUT2D eigenvalue weighted by Crippen LogP contribution is 2.22. The van der Waals surface area contributed by atoms with Gasteiger partial charge in [-0.1, -0.05) is 19.9 Å². The monoisotopic (exact) mass is 302 g/mol. The maximum Gasteiger partial charge on any atom is 0.244 e. The van der Waals surface area contributed by atoms with Crippen molar-refractivity contribution >= 4 is 21.4 Å². The number of hydrogen-bond acceptors (Lipinski definition) is 4. The summed E-state index contributed by atoms with van der Waals surface area (Å²) >= 11 is 1.48. The molecule has 1 heterocycles. The molecule has 0 saturated heterocycles. The SMILES string of the molecule is C=CCN(CC)S(=O)(=O)c1csc(CNCCC)c1. The van der Waals surface area contributed by atoms with Gasteiger partial charge in [-0.3, -0.25) is 0 Å². The second kappa shape index (κ2) is 7.79. The molecule has 108 valence electrons. The van der Waals surface area contributed by atoms with Crippen LogP contribution >= 0.6 is 11.3 Å². The highest BCUT2D eigenvalue weighted by atomic mass is 32.2. The van der Waals surface area contributed by atoms with Crippen LogP contribution in [0, 0.1) is 0 Å². The Morgan fingerprint density at radius 3 is 2.79 bits per heavy atom. The quantitative estimate of drug-likeness (QED) is 0.563. The van der Waals surface area contributed by atoms with E-state index in [2.05, 4.69) is 18.8 Å². The van der Waals surface area contributed by atoms with Gasteiger partial charge in [0, 0.05) is 29.9 Å². The Morgan fingerprint density at radius 1 is 1.47 bits per heavy atom. The summed E-state index contributed by atoms with van der Waals surface area (Å²) < 4.78 is 26.1. The minimum absolute atomic E-state index is 0.345. The van der Waals surface area contributed by atoms with E-state index >= 15 is 0 Å². The molecule has 0 atom stereocenters. The summed E-state index contributed by atoms with van der Waals surface area (Å²) in [6.45, 7) is 9.99. The van der Waals surface area contributed by atoms with Gasteiger partial charge in [0.1, 0.15) is 0 Å². The molecule has 0 aromatic carbocycles. The largest absolute Gasteiger partial charge is 0.312 e. The van der Waals surface area contributed by atoms with Crippen LogP contribution in [0.3, 0.4) is 0 Å². The summed E-state index contributed by atoms with van der Waals surface area (Å²) in [4.78, 5) is 1.43. The lowest BCUT2D eigenvalue weighted by atomic mass is 10.4. The van der Waals surface area contributed by atoms with Gasteiger partial charge >= 0.3 is 0 Å². The van der Waals surface area contributed by atoms with Crippen molar-refractivity contribution in [2.75, 3.05) is 19.6 Å². The van der Waals surface area contributed by atoms with Crippen molar-refractivity contribution in [3.05, 3.63) is 29.0 Å². The van der Waals surface area contributed by atoms with Crippen LogP contribution in [-0.2, 0) is 16.6 Å². The van der Waals surface area contributed by atoms with Crippen molar-refractivity contribution in [3.8, 4) is 0 Å². The average Bonchev–Trinajstić information content (AvgIpc) is 2.85. The van der Waals surface area contributed by atoms with Crippen molar-refractivity contribution in [1.29, 1.82) is 0 Å². The summed E-state index contributed by atoms with van der Waals surface area (Å²) in [5.41, 5.74) is 0. The zero-order valence-corrected chi connectivity index (χ0v) is 13.2. The number of rotatable bonds is 9. The van der Waals surface area contributed by atoms with Gasteiger partial charge < -0.3 is 5.32 Å². The molecule has 0 bridgehead atoms. The molecule has 0 fully saturated rings. The Labute approximate surface area is 120 Å². The molecule has 1 aromatic rings. The van der Waals surface area contributed by atoms with Crippen LogP contribution in [0.4, 0.5) is 0 Å². The van der Waals surface area contributed by atoms with Gasteiger partial charge in [-0.25, -0.2) is 8.42 Å². The molecule has 0 aliphatic heterocycles. The summed E-state index contributed by atoms with van der Waals surface area (Å²) in [6.07, 6.45) is 2.68. The summed E-state index contributed by atoms with van der Waals surface area (Å²) in [7, 11) is -3.38. The smallest absolute Gasteiger partial charge is 0.244 e. The molecule has 1 N–H and O–H groups in total. The Bertz CT molecular complexity index is 494. The second-order valence-electron chi connectivity index (χ2n) is 4.17. The van der Waals surface area contributed by atoms with Crippen LogP contribution in [0.15, 0.2) is 29.0 Å². The van der Waals surface area contributed by atoms with E-state index in [-0.39, 0.29) is 0 Å². The lowest BCUT2D eigenvalue weighted by Crippen LogP contribution is -2.30. The third kappa shape index (κ3) is 4.42. The van der Waals surface area contributed by atoms with E-state index < -0.39 is 10.0 Å². The highest BCUT2D eigenvalue weighted by molar-refractivity contribution is 7.89. The number of thiophene rings is 1. The summed E-state index contributed by atoms with van der Waals surface area (Å²) in [6, 6.07) is 1.76. The Kier molecular flexibility index (Phi) is 6.71. The van der Waals surface area contributed by atoms with Gasteiger partial charge in [0.25, 0.3) is 0 Å². The first kappa shape index (κ1) is 16.4. The number of hydrogen-bond donors (Lipinski definition) is 1. The van der Waals surface area contributed by atoms with Gasteiger partial charge in [0.05, 0.1) is 4.90 Å². The molecule has 0 aliphatic rings. The van der Waals surface area contributed by atoms with Gasteiger partial charge in [-0.2, -0.15) is 4.31 Å². The van der Waals surface area contributed by atoms with E-state index in [1.54, 1.807) is 17.5 Å². The minimum Gasteiger partial charge on any atom is -0.312 e. The average molecular weight is 302 g/mol. The third-order valence-corrected chi connectivity index (χ3v) is 5.68. The first-order valence-electron chi connectivity index (χ1n) is 6.45. The van der Waals surface area contributed by atoms with Gasteiger partial charge in [0.15, 0.2) is 0 Å². The molecule has 0 spiro atoms. The normalized spacial score (nSPS) is 11.9. The molecule has 0 aliphatic carbocycles. The molecular weight excluding hydrogens is 280 g/mol. The zero-order chi connectivity index (χ0) is 14.3. The molecule has 0 amide bonds. The van der Waals surface area contributed by atoms with Crippen LogP contribution in [0.5, 0.6) is 0 Å².